The van der Waals surface area contributed by atoms with E-state index in [9.17, 15) is 35.2 Å². The summed E-state index contributed by atoms with van der Waals surface area (Å²) in [7, 11) is -5.73. The minimum absolute atomic E-state index is 0.127. The van der Waals surface area contributed by atoms with Crippen molar-refractivity contribution >= 4 is 15.9 Å². The van der Waals surface area contributed by atoms with Crippen LogP contribution in [-0.2, 0) is 15.5 Å². The Kier molecular flexibility index (Phi) is 4.50. The maximum absolute atomic E-state index is 13.8. The molecule has 2 aromatic carbocycles. The summed E-state index contributed by atoms with van der Waals surface area (Å²) in [5.74, 6) is -2.50. The van der Waals surface area contributed by atoms with Gasteiger partial charge < -0.3 is 4.18 Å². The van der Waals surface area contributed by atoms with Crippen molar-refractivity contribution in [2.24, 2.45) is 5.41 Å². The van der Waals surface area contributed by atoms with Crippen LogP contribution in [0.1, 0.15) is 41.6 Å². The molecule has 0 atom stereocenters. The maximum Gasteiger partial charge on any atom is 0.534 e. The fourth-order valence-electron chi connectivity index (χ4n) is 4.68. The van der Waals surface area contributed by atoms with E-state index in [1.165, 1.54) is 12.1 Å². The van der Waals surface area contributed by atoms with E-state index in [-0.39, 0.29) is 22.8 Å². The lowest BCUT2D eigenvalue weighted by molar-refractivity contribution is -0.138. The fraction of sp³-hybridized carbons (Fsp3) is 0.350. The summed E-state index contributed by atoms with van der Waals surface area (Å²) in [5, 5.41) is 0. The molecule has 30 heavy (non-hydrogen) atoms. The Morgan fingerprint density at radius 3 is 2.13 bits per heavy atom. The molecule has 10 heteroatoms. The summed E-state index contributed by atoms with van der Waals surface area (Å²) in [6.45, 7) is 0. The number of rotatable bonds is 6. The number of hydrogen-bond acceptors (Lipinski definition) is 4. The van der Waals surface area contributed by atoms with Crippen LogP contribution in [0.25, 0.3) is 0 Å². The van der Waals surface area contributed by atoms with E-state index in [1.54, 1.807) is 0 Å². The average molecular weight is 446 g/mol. The van der Waals surface area contributed by atoms with Crippen LogP contribution in [0.4, 0.5) is 22.0 Å². The van der Waals surface area contributed by atoms with Crippen LogP contribution in [0.5, 0.6) is 5.75 Å². The molecule has 0 saturated heterocycles. The summed E-state index contributed by atoms with van der Waals surface area (Å²) in [6.07, 6.45) is 2.07. The van der Waals surface area contributed by atoms with Crippen LogP contribution in [0.3, 0.4) is 0 Å². The first-order valence-electron chi connectivity index (χ1n) is 8.95. The second-order valence-corrected chi connectivity index (χ2v) is 9.58. The van der Waals surface area contributed by atoms with Crippen molar-refractivity contribution in [3.63, 3.8) is 0 Å². The van der Waals surface area contributed by atoms with Gasteiger partial charge in [0.1, 0.15) is 17.4 Å². The van der Waals surface area contributed by atoms with E-state index in [0.29, 0.717) is 25.3 Å². The minimum atomic E-state index is -5.73. The van der Waals surface area contributed by atoms with Gasteiger partial charge in [-0.05, 0) is 59.9 Å². The molecule has 0 spiro atoms. The van der Waals surface area contributed by atoms with Crippen molar-refractivity contribution in [2.45, 2.75) is 36.6 Å². The van der Waals surface area contributed by atoms with Crippen molar-refractivity contribution in [2.75, 3.05) is 0 Å². The quantitative estimate of drug-likeness (QED) is 0.275. The molecular weight excluding hydrogens is 431 g/mol. The molecule has 0 heterocycles. The summed E-state index contributed by atoms with van der Waals surface area (Å²) in [6, 6.07) is 8.15. The Morgan fingerprint density at radius 2 is 1.60 bits per heavy atom. The lowest BCUT2D eigenvalue weighted by Gasteiger charge is -2.71. The van der Waals surface area contributed by atoms with Gasteiger partial charge in [0.25, 0.3) is 0 Å². The largest absolute Gasteiger partial charge is 0.534 e. The predicted octanol–water partition coefficient (Wildman–Crippen LogP) is 4.89. The van der Waals surface area contributed by atoms with Gasteiger partial charge in [0, 0.05) is 12.5 Å². The number of halogens is 5. The molecule has 0 amide bonds. The summed E-state index contributed by atoms with van der Waals surface area (Å²) >= 11 is 0. The Bertz CT molecular complexity index is 1100. The lowest BCUT2D eigenvalue weighted by atomic mass is 9.32. The van der Waals surface area contributed by atoms with Crippen LogP contribution < -0.4 is 4.18 Å². The normalized spacial score (nSPS) is 25.2. The number of benzene rings is 2. The number of ketones is 1. The van der Waals surface area contributed by atoms with Gasteiger partial charge in [-0.3, -0.25) is 4.79 Å². The number of Topliss-reactive ketones (excluding diaryl/α,β-unsaturated/α-hetero) is 1. The number of alkyl halides is 3. The highest BCUT2D eigenvalue weighted by atomic mass is 32.2. The lowest BCUT2D eigenvalue weighted by Crippen LogP contribution is -2.65. The molecule has 0 aliphatic heterocycles. The smallest absolute Gasteiger partial charge is 0.376 e. The van der Waals surface area contributed by atoms with E-state index in [2.05, 4.69) is 4.18 Å². The monoisotopic (exact) mass is 446 g/mol. The summed E-state index contributed by atoms with van der Waals surface area (Å²) in [5.41, 5.74) is -5.36. The second kappa shape index (κ2) is 6.50. The van der Waals surface area contributed by atoms with E-state index in [0.717, 1.165) is 29.8 Å². The Hall–Kier alpha value is -2.49. The topological polar surface area (TPSA) is 60.4 Å². The summed E-state index contributed by atoms with van der Waals surface area (Å²) in [4.78, 5) is 12.4. The Balaban J connectivity index is 1.39. The third kappa shape index (κ3) is 3.36. The van der Waals surface area contributed by atoms with Crippen molar-refractivity contribution in [3.8, 4) is 5.75 Å². The predicted molar refractivity (Wildman–Crippen MR) is 95.3 cm³/mol. The van der Waals surface area contributed by atoms with Gasteiger partial charge in [-0.25, -0.2) is 8.78 Å². The zero-order valence-electron chi connectivity index (χ0n) is 15.3. The van der Waals surface area contributed by atoms with Crippen LogP contribution in [0, 0.1) is 17.0 Å². The molecule has 3 aliphatic rings. The average Bonchev–Trinajstić information content (AvgIpc) is 2.56. The van der Waals surface area contributed by atoms with Crippen molar-refractivity contribution in [1.82, 2.24) is 0 Å². The Labute approximate surface area is 168 Å². The minimum Gasteiger partial charge on any atom is -0.376 e. The molecule has 5 rings (SSSR count). The molecule has 2 bridgehead atoms. The van der Waals surface area contributed by atoms with Gasteiger partial charge in [0.05, 0.1) is 5.56 Å². The van der Waals surface area contributed by atoms with Gasteiger partial charge in [-0.2, -0.15) is 21.6 Å². The zero-order valence-corrected chi connectivity index (χ0v) is 16.1. The van der Waals surface area contributed by atoms with Crippen molar-refractivity contribution in [3.05, 3.63) is 65.2 Å². The van der Waals surface area contributed by atoms with Gasteiger partial charge in [0.15, 0.2) is 5.78 Å². The molecule has 0 unspecified atom stereocenters. The zero-order chi connectivity index (χ0) is 21.9. The maximum atomic E-state index is 13.8. The van der Waals surface area contributed by atoms with E-state index in [1.807, 2.05) is 0 Å². The highest BCUT2D eigenvalue weighted by Crippen LogP contribution is 2.75. The molecule has 0 radical (unpaired) electrons. The van der Waals surface area contributed by atoms with Gasteiger partial charge in [0.2, 0.25) is 0 Å². The third-order valence-electron chi connectivity index (χ3n) is 5.86. The standard InChI is InChI=1S/C20H15F5O4S/c21-13-3-6-15(16(22)7-13)17(26)8-18-9-19(10-18,11-18)12-1-4-14(5-2-12)29-30(27,28)20(23,24)25/h1-7H,8-11H2. The first kappa shape index (κ1) is 20.8. The van der Waals surface area contributed by atoms with Gasteiger partial charge in [-0.15, -0.1) is 0 Å². The van der Waals surface area contributed by atoms with E-state index >= 15 is 0 Å². The molecule has 0 aromatic heterocycles. The molecule has 2 aromatic rings. The molecule has 3 aliphatic carbocycles. The fourth-order valence-corrected chi connectivity index (χ4v) is 5.14. The van der Waals surface area contributed by atoms with E-state index < -0.39 is 38.8 Å². The summed E-state index contributed by atoms with van der Waals surface area (Å²) < 4.78 is 90.2. The first-order chi connectivity index (χ1) is 13.8. The van der Waals surface area contributed by atoms with Crippen molar-refractivity contribution in [1.29, 1.82) is 0 Å². The number of carbonyl (C=O) groups is 1. The molecule has 0 N–H and O–H groups in total. The third-order valence-corrected chi connectivity index (χ3v) is 6.84. The van der Waals surface area contributed by atoms with Crippen LogP contribution in [-0.4, -0.2) is 19.7 Å². The highest BCUT2D eigenvalue weighted by molar-refractivity contribution is 7.88. The van der Waals surface area contributed by atoms with Gasteiger partial charge in [-0.1, -0.05) is 12.1 Å². The van der Waals surface area contributed by atoms with Gasteiger partial charge >= 0.3 is 15.6 Å². The van der Waals surface area contributed by atoms with Crippen molar-refractivity contribution < 1.29 is 39.3 Å². The second-order valence-electron chi connectivity index (χ2n) is 8.04. The SMILES string of the molecule is O=C(CC12CC(c3ccc(OS(=O)(=O)C(F)(F)F)cc3)(C1)C2)c1ccc(F)cc1F. The Morgan fingerprint density at radius 1 is 1.00 bits per heavy atom. The van der Waals surface area contributed by atoms with Crippen LogP contribution in [0.2, 0.25) is 0 Å². The molecule has 4 nitrogen and oxygen atoms in total. The van der Waals surface area contributed by atoms with E-state index in [4.69, 9.17) is 0 Å². The highest BCUT2D eigenvalue weighted by Gasteiger charge is 2.68. The molecule has 3 fully saturated rings. The number of hydrogen-bond donors (Lipinski definition) is 0. The van der Waals surface area contributed by atoms with Crippen LogP contribution >= 0.6 is 0 Å². The first-order valence-corrected chi connectivity index (χ1v) is 10.4. The molecular formula is C20H15F5O4S. The van der Waals surface area contributed by atoms with Crippen LogP contribution in [0.15, 0.2) is 42.5 Å². The molecule has 160 valence electrons. The number of carbonyl (C=O) groups excluding carboxylic acids is 1. The molecule has 3 saturated carbocycles.